The largest absolute Gasteiger partial charge is 0.398 e. The van der Waals surface area contributed by atoms with E-state index in [4.69, 9.17) is 5.73 Å². The third-order valence-corrected chi connectivity index (χ3v) is 3.59. The molecular weight excluding hydrogens is 224 g/mol. The molecule has 0 saturated carbocycles. The fourth-order valence-electron chi connectivity index (χ4n) is 1.44. The SMILES string of the molecule is Cc1ccc(C(=O)NCC(C)C(C)(C)C)cc1N. The minimum absolute atomic E-state index is 0.0576. The molecule has 0 radical (unpaired) electrons. The molecular formula is C15H24N2O. The molecule has 18 heavy (non-hydrogen) atoms. The van der Waals surface area contributed by atoms with E-state index in [2.05, 4.69) is 33.0 Å². The van der Waals surface area contributed by atoms with Crippen LogP contribution in [0.2, 0.25) is 0 Å². The van der Waals surface area contributed by atoms with Gasteiger partial charge in [0.25, 0.3) is 5.91 Å². The monoisotopic (exact) mass is 248 g/mol. The Hall–Kier alpha value is -1.51. The van der Waals surface area contributed by atoms with Crippen molar-refractivity contribution in [2.45, 2.75) is 34.6 Å². The number of carbonyl (C=O) groups excluding carboxylic acids is 1. The highest BCUT2D eigenvalue weighted by Gasteiger charge is 2.20. The third kappa shape index (κ3) is 3.76. The molecule has 3 N–H and O–H groups in total. The molecule has 0 aliphatic carbocycles. The van der Waals surface area contributed by atoms with E-state index >= 15 is 0 Å². The van der Waals surface area contributed by atoms with Crippen molar-refractivity contribution in [3.8, 4) is 0 Å². The van der Waals surface area contributed by atoms with E-state index in [-0.39, 0.29) is 11.3 Å². The maximum Gasteiger partial charge on any atom is 0.251 e. The zero-order valence-electron chi connectivity index (χ0n) is 12.0. The smallest absolute Gasteiger partial charge is 0.251 e. The van der Waals surface area contributed by atoms with Crippen LogP contribution in [-0.2, 0) is 0 Å². The van der Waals surface area contributed by atoms with Crippen LogP contribution >= 0.6 is 0 Å². The highest BCUT2D eigenvalue weighted by atomic mass is 16.1. The highest BCUT2D eigenvalue weighted by molar-refractivity contribution is 5.95. The minimum atomic E-state index is -0.0576. The Morgan fingerprint density at radius 1 is 1.39 bits per heavy atom. The van der Waals surface area contributed by atoms with Gasteiger partial charge in [-0.05, 0) is 36.0 Å². The summed E-state index contributed by atoms with van der Waals surface area (Å²) in [6.07, 6.45) is 0. The molecule has 0 aromatic heterocycles. The Morgan fingerprint density at radius 3 is 2.50 bits per heavy atom. The van der Waals surface area contributed by atoms with Crippen molar-refractivity contribution in [2.24, 2.45) is 11.3 Å². The van der Waals surface area contributed by atoms with Gasteiger partial charge in [-0.15, -0.1) is 0 Å². The Balaban J connectivity index is 2.63. The predicted molar refractivity (Wildman–Crippen MR) is 76.5 cm³/mol. The van der Waals surface area contributed by atoms with E-state index in [1.54, 1.807) is 6.07 Å². The van der Waals surface area contributed by atoms with Gasteiger partial charge in [-0.25, -0.2) is 0 Å². The van der Waals surface area contributed by atoms with Crippen LogP contribution < -0.4 is 11.1 Å². The van der Waals surface area contributed by atoms with E-state index in [1.807, 2.05) is 19.1 Å². The second-order valence-electron chi connectivity index (χ2n) is 6.05. The highest BCUT2D eigenvalue weighted by Crippen LogP contribution is 2.24. The van der Waals surface area contributed by atoms with Crippen molar-refractivity contribution < 1.29 is 4.79 Å². The molecule has 0 spiro atoms. The summed E-state index contributed by atoms with van der Waals surface area (Å²) in [6, 6.07) is 5.41. The van der Waals surface area contributed by atoms with Crippen LogP contribution in [-0.4, -0.2) is 12.5 Å². The first-order valence-corrected chi connectivity index (χ1v) is 6.36. The number of benzene rings is 1. The molecule has 0 aliphatic rings. The first-order chi connectivity index (χ1) is 8.21. The first kappa shape index (κ1) is 14.6. The quantitative estimate of drug-likeness (QED) is 0.808. The maximum absolute atomic E-state index is 12.0. The van der Waals surface area contributed by atoms with Gasteiger partial charge in [0.15, 0.2) is 0 Å². The van der Waals surface area contributed by atoms with Gasteiger partial charge in [-0.1, -0.05) is 33.8 Å². The topological polar surface area (TPSA) is 55.1 Å². The summed E-state index contributed by atoms with van der Waals surface area (Å²) in [4.78, 5) is 12.0. The van der Waals surface area contributed by atoms with Crippen molar-refractivity contribution in [2.75, 3.05) is 12.3 Å². The molecule has 100 valence electrons. The maximum atomic E-state index is 12.0. The van der Waals surface area contributed by atoms with E-state index in [1.165, 1.54) is 0 Å². The van der Waals surface area contributed by atoms with Gasteiger partial charge in [0, 0.05) is 17.8 Å². The number of hydrogen-bond acceptors (Lipinski definition) is 2. The second kappa shape index (κ2) is 5.42. The molecule has 1 unspecified atom stereocenters. The van der Waals surface area contributed by atoms with Crippen molar-refractivity contribution in [1.29, 1.82) is 0 Å². The van der Waals surface area contributed by atoms with Crippen LogP contribution in [0.5, 0.6) is 0 Å². The van der Waals surface area contributed by atoms with Gasteiger partial charge in [0.2, 0.25) is 0 Å². The summed E-state index contributed by atoms with van der Waals surface area (Å²) in [5.41, 5.74) is 8.28. The number of aryl methyl sites for hydroxylation is 1. The third-order valence-electron chi connectivity index (χ3n) is 3.59. The molecule has 1 aromatic carbocycles. The average Bonchev–Trinajstić information content (AvgIpc) is 2.27. The molecule has 1 rings (SSSR count). The molecule has 0 aliphatic heterocycles. The molecule has 1 atom stereocenters. The number of carbonyl (C=O) groups is 1. The number of nitrogen functional groups attached to an aromatic ring is 1. The van der Waals surface area contributed by atoms with Crippen LogP contribution in [0.15, 0.2) is 18.2 Å². The van der Waals surface area contributed by atoms with Gasteiger partial charge in [0.05, 0.1) is 0 Å². The van der Waals surface area contributed by atoms with E-state index in [0.717, 1.165) is 5.56 Å². The Bertz CT molecular complexity index is 433. The van der Waals surface area contributed by atoms with E-state index < -0.39 is 0 Å². The van der Waals surface area contributed by atoms with Crippen molar-refractivity contribution in [1.82, 2.24) is 5.32 Å². The van der Waals surface area contributed by atoms with Crippen LogP contribution in [0.3, 0.4) is 0 Å². The molecule has 0 saturated heterocycles. The van der Waals surface area contributed by atoms with Crippen molar-refractivity contribution >= 4 is 11.6 Å². The van der Waals surface area contributed by atoms with E-state index in [0.29, 0.717) is 23.7 Å². The van der Waals surface area contributed by atoms with Gasteiger partial charge in [0.1, 0.15) is 0 Å². The molecule has 3 nitrogen and oxygen atoms in total. The normalized spacial score (nSPS) is 13.2. The zero-order chi connectivity index (χ0) is 13.9. The predicted octanol–water partition coefficient (Wildman–Crippen LogP) is 2.99. The minimum Gasteiger partial charge on any atom is -0.398 e. The summed E-state index contributed by atoms with van der Waals surface area (Å²) < 4.78 is 0. The molecule has 3 heteroatoms. The van der Waals surface area contributed by atoms with E-state index in [9.17, 15) is 4.79 Å². The average molecular weight is 248 g/mol. The Morgan fingerprint density at radius 2 is 2.00 bits per heavy atom. The van der Waals surface area contributed by atoms with Gasteiger partial charge >= 0.3 is 0 Å². The zero-order valence-corrected chi connectivity index (χ0v) is 12.0. The summed E-state index contributed by atoms with van der Waals surface area (Å²) in [7, 11) is 0. The summed E-state index contributed by atoms with van der Waals surface area (Å²) in [5.74, 6) is 0.363. The number of rotatable bonds is 3. The molecule has 1 amide bonds. The second-order valence-corrected chi connectivity index (χ2v) is 6.05. The van der Waals surface area contributed by atoms with Gasteiger partial charge in [-0.3, -0.25) is 4.79 Å². The number of nitrogens with two attached hydrogens (primary N) is 1. The standard InChI is InChI=1S/C15H24N2O/c1-10-6-7-12(8-13(10)16)14(18)17-9-11(2)15(3,4)5/h6-8,11H,9,16H2,1-5H3,(H,17,18). The molecule has 0 bridgehead atoms. The molecule has 0 heterocycles. The fraction of sp³-hybridized carbons (Fsp3) is 0.533. The lowest BCUT2D eigenvalue weighted by Crippen LogP contribution is -2.33. The van der Waals surface area contributed by atoms with Crippen LogP contribution in [0.4, 0.5) is 5.69 Å². The fourth-order valence-corrected chi connectivity index (χ4v) is 1.44. The van der Waals surface area contributed by atoms with Crippen molar-refractivity contribution in [3.63, 3.8) is 0 Å². The lowest BCUT2D eigenvalue weighted by atomic mass is 9.82. The molecule has 1 aromatic rings. The van der Waals surface area contributed by atoms with Crippen LogP contribution in [0, 0.1) is 18.3 Å². The number of hydrogen-bond donors (Lipinski definition) is 2. The Kier molecular flexibility index (Phi) is 4.38. The summed E-state index contributed by atoms with van der Waals surface area (Å²) in [6.45, 7) is 11.3. The van der Waals surface area contributed by atoms with Crippen molar-refractivity contribution in [3.05, 3.63) is 29.3 Å². The lowest BCUT2D eigenvalue weighted by Gasteiger charge is -2.27. The number of nitrogens with one attached hydrogen (secondary N) is 1. The first-order valence-electron chi connectivity index (χ1n) is 6.36. The number of amides is 1. The summed E-state index contributed by atoms with van der Waals surface area (Å²) >= 11 is 0. The number of anilines is 1. The lowest BCUT2D eigenvalue weighted by molar-refractivity contribution is 0.0937. The summed E-state index contributed by atoms with van der Waals surface area (Å²) in [5, 5.41) is 2.96. The van der Waals surface area contributed by atoms with Gasteiger partial charge < -0.3 is 11.1 Å². The van der Waals surface area contributed by atoms with Gasteiger partial charge in [-0.2, -0.15) is 0 Å². The van der Waals surface area contributed by atoms with Crippen LogP contribution in [0.1, 0.15) is 43.6 Å². The van der Waals surface area contributed by atoms with Crippen LogP contribution in [0.25, 0.3) is 0 Å². The Labute approximate surface area is 110 Å². The molecule has 0 fully saturated rings.